The molecular formula is C37H65N7O9. The van der Waals surface area contributed by atoms with Crippen LogP contribution in [0.3, 0.4) is 0 Å². The number of hydrogen-bond donors (Lipinski definition) is 0. The maximum atomic E-state index is 11.1. The molecule has 0 atom stereocenters. The molecule has 6 rings (SSSR count). The van der Waals surface area contributed by atoms with E-state index in [1.165, 1.54) is 0 Å². The van der Waals surface area contributed by atoms with Crippen molar-refractivity contribution in [3.05, 3.63) is 10.1 Å². The fourth-order valence-corrected chi connectivity index (χ4v) is 6.40. The number of morpholine rings is 6. The molecule has 53 heavy (non-hydrogen) atoms. The van der Waals surface area contributed by atoms with Crippen LogP contribution in [0.2, 0.25) is 0 Å². The maximum Gasteiger partial charge on any atom is 0.238 e. The maximum absolute atomic E-state index is 11.1. The van der Waals surface area contributed by atoms with Crippen LogP contribution in [0.5, 0.6) is 0 Å². The van der Waals surface area contributed by atoms with Gasteiger partial charge in [-0.2, -0.15) is 0 Å². The second-order valence-corrected chi connectivity index (χ2v) is 13.7. The average molecular weight is 752 g/mol. The quantitative estimate of drug-likeness (QED) is 0.0950. The molecule has 302 valence electrons. The molecule has 6 aliphatic rings. The molecule has 0 bridgehead atoms. The number of ether oxygens (including phenoxy) is 7. The minimum atomic E-state index is -0.513. The SMILES string of the molecule is C(C#CCN1CCOCC1)#CCN1CCOCC1.C1CN(CCOCCN2CCOCC2)CCO1.O=[N+]([O-])C(CN1CCOCC1)CN1CCOCC1. The van der Waals surface area contributed by atoms with E-state index in [0.29, 0.717) is 39.5 Å². The Kier molecular flexibility index (Phi) is 23.4. The summed E-state index contributed by atoms with van der Waals surface area (Å²) < 4.78 is 37.3. The summed E-state index contributed by atoms with van der Waals surface area (Å²) in [5, 5.41) is 11.1. The monoisotopic (exact) mass is 751 g/mol. The van der Waals surface area contributed by atoms with Crippen molar-refractivity contribution < 1.29 is 38.1 Å². The smallest absolute Gasteiger partial charge is 0.238 e. The van der Waals surface area contributed by atoms with E-state index in [4.69, 9.17) is 33.2 Å². The second kappa shape index (κ2) is 28.4. The van der Waals surface area contributed by atoms with Gasteiger partial charge in [0.05, 0.1) is 119 Å². The van der Waals surface area contributed by atoms with Gasteiger partial charge in [-0.15, -0.1) is 0 Å². The Balaban J connectivity index is 0.000000178. The van der Waals surface area contributed by atoms with Crippen LogP contribution >= 0.6 is 0 Å². The summed E-state index contributed by atoms with van der Waals surface area (Å²) in [7, 11) is 0. The first-order valence-corrected chi connectivity index (χ1v) is 19.6. The molecule has 16 nitrogen and oxygen atoms in total. The summed E-state index contributed by atoms with van der Waals surface area (Å²) in [6.07, 6.45) is 0. The number of hydrogen-bond acceptors (Lipinski definition) is 15. The molecule has 0 aliphatic carbocycles. The lowest BCUT2D eigenvalue weighted by molar-refractivity contribution is -0.524. The molecule has 6 aliphatic heterocycles. The Hall–Kier alpha value is -2.00. The van der Waals surface area contributed by atoms with E-state index < -0.39 is 6.04 Å². The first kappa shape index (κ1) is 43.7. The van der Waals surface area contributed by atoms with Gasteiger partial charge in [0, 0.05) is 96.5 Å². The zero-order valence-corrected chi connectivity index (χ0v) is 32.0. The molecule has 16 heteroatoms. The predicted molar refractivity (Wildman–Crippen MR) is 201 cm³/mol. The lowest BCUT2D eigenvalue weighted by atomic mass is 10.2. The van der Waals surface area contributed by atoms with Crippen molar-refractivity contribution in [1.82, 2.24) is 29.4 Å². The van der Waals surface area contributed by atoms with Crippen molar-refractivity contribution in [1.29, 1.82) is 0 Å². The molecule has 0 N–H and O–H groups in total. The van der Waals surface area contributed by atoms with Crippen LogP contribution in [0.25, 0.3) is 0 Å². The number of rotatable bonds is 13. The molecule has 0 aromatic carbocycles. The molecule has 0 unspecified atom stereocenters. The fraction of sp³-hybridized carbons (Fsp3) is 0.892. The minimum absolute atomic E-state index is 0.148. The van der Waals surface area contributed by atoms with Gasteiger partial charge in [0.2, 0.25) is 6.04 Å². The lowest BCUT2D eigenvalue weighted by Crippen LogP contribution is -2.49. The minimum Gasteiger partial charge on any atom is -0.379 e. The summed E-state index contributed by atoms with van der Waals surface area (Å²) in [4.78, 5) is 24.6. The van der Waals surface area contributed by atoms with Crippen molar-refractivity contribution in [2.75, 3.05) is 210 Å². The molecule has 6 heterocycles. The summed E-state index contributed by atoms with van der Waals surface area (Å²) in [5.41, 5.74) is 0. The normalized spacial score (nSPS) is 23.0. The van der Waals surface area contributed by atoms with E-state index in [2.05, 4.69) is 53.1 Å². The molecule has 0 aromatic rings. The van der Waals surface area contributed by atoms with Crippen LogP contribution in [0.4, 0.5) is 0 Å². The lowest BCUT2D eigenvalue weighted by Gasteiger charge is -2.31. The van der Waals surface area contributed by atoms with Crippen molar-refractivity contribution in [2.45, 2.75) is 6.04 Å². The molecule has 0 aromatic heterocycles. The van der Waals surface area contributed by atoms with Gasteiger partial charge in [0.15, 0.2) is 0 Å². The predicted octanol–water partition coefficient (Wildman–Crippen LogP) is -1.38. The van der Waals surface area contributed by atoms with Gasteiger partial charge in [-0.05, 0) is 11.8 Å². The molecular weight excluding hydrogens is 686 g/mol. The largest absolute Gasteiger partial charge is 0.379 e. The summed E-state index contributed by atoms with van der Waals surface area (Å²) >= 11 is 0. The van der Waals surface area contributed by atoms with Gasteiger partial charge in [-0.1, -0.05) is 11.8 Å². The zero-order valence-electron chi connectivity index (χ0n) is 32.0. The Labute approximate surface area is 317 Å². The van der Waals surface area contributed by atoms with Crippen molar-refractivity contribution in [3.63, 3.8) is 0 Å². The first-order chi connectivity index (χ1) is 26.2. The Morgan fingerprint density at radius 1 is 0.472 bits per heavy atom. The summed E-state index contributed by atoms with van der Waals surface area (Å²) in [6, 6.07) is -0.513. The molecule has 0 radical (unpaired) electrons. The van der Waals surface area contributed by atoms with E-state index in [9.17, 15) is 10.1 Å². The highest BCUT2D eigenvalue weighted by Crippen LogP contribution is 2.06. The molecule has 0 amide bonds. The van der Waals surface area contributed by atoms with Gasteiger partial charge in [0.25, 0.3) is 0 Å². The third-order valence-corrected chi connectivity index (χ3v) is 9.81. The van der Waals surface area contributed by atoms with Crippen LogP contribution in [0.15, 0.2) is 0 Å². The molecule has 6 saturated heterocycles. The van der Waals surface area contributed by atoms with Crippen LogP contribution in [-0.4, -0.2) is 251 Å². The highest BCUT2D eigenvalue weighted by molar-refractivity contribution is 5.26. The second-order valence-electron chi connectivity index (χ2n) is 13.7. The fourth-order valence-electron chi connectivity index (χ4n) is 6.40. The van der Waals surface area contributed by atoms with E-state index in [0.717, 1.165) is 171 Å². The highest BCUT2D eigenvalue weighted by atomic mass is 16.6. The van der Waals surface area contributed by atoms with Gasteiger partial charge in [-0.25, -0.2) is 0 Å². The van der Waals surface area contributed by atoms with Crippen molar-refractivity contribution in [2.24, 2.45) is 0 Å². The van der Waals surface area contributed by atoms with Crippen LogP contribution in [0.1, 0.15) is 0 Å². The Morgan fingerprint density at radius 2 is 0.755 bits per heavy atom. The topological polar surface area (TPSA) is 127 Å². The number of nitro groups is 1. The van der Waals surface area contributed by atoms with E-state index >= 15 is 0 Å². The Morgan fingerprint density at radius 3 is 1.06 bits per heavy atom. The van der Waals surface area contributed by atoms with Gasteiger partial charge in [-0.3, -0.25) is 39.5 Å². The van der Waals surface area contributed by atoms with E-state index in [1.807, 2.05) is 0 Å². The van der Waals surface area contributed by atoms with Crippen molar-refractivity contribution in [3.8, 4) is 23.7 Å². The third-order valence-electron chi connectivity index (χ3n) is 9.81. The Bertz CT molecular complexity index is 992. The van der Waals surface area contributed by atoms with Crippen molar-refractivity contribution >= 4 is 0 Å². The van der Waals surface area contributed by atoms with E-state index in [1.54, 1.807) is 0 Å². The number of nitrogens with zero attached hydrogens (tertiary/aromatic N) is 7. The summed E-state index contributed by atoms with van der Waals surface area (Å²) in [5.74, 6) is 12.0. The van der Waals surface area contributed by atoms with Gasteiger partial charge >= 0.3 is 0 Å². The molecule has 0 spiro atoms. The van der Waals surface area contributed by atoms with Gasteiger partial charge in [0.1, 0.15) is 0 Å². The third kappa shape index (κ3) is 20.5. The first-order valence-electron chi connectivity index (χ1n) is 19.6. The average Bonchev–Trinajstić information content (AvgIpc) is 3.22. The van der Waals surface area contributed by atoms with Crippen LogP contribution in [-0.2, 0) is 33.2 Å². The summed E-state index contributed by atoms with van der Waals surface area (Å²) in [6.45, 7) is 27.2. The van der Waals surface area contributed by atoms with Crippen LogP contribution in [0, 0.1) is 33.8 Å². The molecule has 6 fully saturated rings. The highest BCUT2D eigenvalue weighted by Gasteiger charge is 2.28. The molecule has 0 saturated carbocycles. The van der Waals surface area contributed by atoms with E-state index in [-0.39, 0.29) is 4.92 Å². The standard InChI is InChI=1S/C14H20N2O2.C12H24N2O3.C11H21N3O4/c1(3-5-15-7-11-17-12-8-15)2-4-6-16-9-13-18-14-10-16;1-7-15-8-2-13(1)5-11-17-12-6-14-3-9-16-10-4-14;15-14(16)11(9-12-1-5-17-6-2-12)10-13-3-7-18-8-4-13/h5-14H2;1-12H2;11H,1-10H2. The van der Waals surface area contributed by atoms with Gasteiger partial charge < -0.3 is 33.2 Å². The zero-order chi connectivity index (χ0) is 37.0. The van der Waals surface area contributed by atoms with Crippen LogP contribution < -0.4 is 0 Å².